The zero-order chi connectivity index (χ0) is 42.2. The molecule has 1 heteroatoms. The SMILES string of the molecule is c1ccc2c(c1)-c1ccccc1C21c2ccccc2-c2c1c1ccc(-c3ccc4c(c3)C3(c5ccccc5-c5ccccc53)c3cccc5c6ccccc6n-4c35)cc1c1ccccc21. The van der Waals surface area contributed by atoms with Gasteiger partial charge in [-0.25, -0.2) is 0 Å². The van der Waals surface area contributed by atoms with Gasteiger partial charge in [0, 0.05) is 10.8 Å². The molecule has 1 aromatic heterocycles. The van der Waals surface area contributed by atoms with Crippen molar-refractivity contribution in [3.63, 3.8) is 0 Å². The molecule has 0 amide bonds. The first kappa shape index (κ1) is 34.3. The lowest BCUT2D eigenvalue weighted by atomic mass is 9.65. The standard InChI is InChI=1S/C64H37N/c1-2-22-46-40(16-1)50-36-38(32-34-47(50)61-60(46)49-23-7-13-29-55(49)64(61)53-27-11-5-19-43(53)44-20-6-12-28-54(44)64)39-33-35-59-57(37-39)63(51-25-9-3-17-41(51)42-18-4-10-26-52(42)63)56-30-15-24-48-45-21-8-14-31-58(45)65(59)62(48)56/h1-37H. The summed E-state index contributed by atoms with van der Waals surface area (Å²) in [6.07, 6.45) is 0. The summed E-state index contributed by atoms with van der Waals surface area (Å²) < 4.78 is 2.56. The maximum Gasteiger partial charge on any atom is 0.0754 e. The third kappa shape index (κ3) is 3.84. The largest absolute Gasteiger partial charge is 0.309 e. The molecule has 0 fully saturated rings. The van der Waals surface area contributed by atoms with Crippen LogP contribution in [0.2, 0.25) is 0 Å². The molecule has 0 radical (unpaired) electrons. The smallest absolute Gasteiger partial charge is 0.0754 e. The van der Waals surface area contributed by atoms with Crippen molar-refractivity contribution in [3.05, 3.63) is 269 Å². The summed E-state index contributed by atoms with van der Waals surface area (Å²) in [6, 6.07) is 85.7. The van der Waals surface area contributed by atoms with E-state index in [0.29, 0.717) is 0 Å². The molecule has 11 aromatic carbocycles. The van der Waals surface area contributed by atoms with Gasteiger partial charge < -0.3 is 4.57 Å². The summed E-state index contributed by atoms with van der Waals surface area (Å²) in [5, 5.41) is 7.79. The predicted octanol–water partition coefficient (Wildman–Crippen LogP) is 15.8. The molecule has 0 unspecified atom stereocenters. The number of nitrogens with zero attached hydrogens (tertiary/aromatic N) is 1. The van der Waals surface area contributed by atoms with Crippen LogP contribution in [-0.4, -0.2) is 4.57 Å². The van der Waals surface area contributed by atoms with Crippen molar-refractivity contribution in [2.24, 2.45) is 0 Å². The van der Waals surface area contributed by atoms with Crippen molar-refractivity contribution < 1.29 is 0 Å². The first-order valence-corrected chi connectivity index (χ1v) is 22.9. The topological polar surface area (TPSA) is 4.93 Å². The van der Waals surface area contributed by atoms with Crippen LogP contribution in [0.1, 0.15) is 44.5 Å². The Hall–Kier alpha value is -8.26. The summed E-state index contributed by atoms with van der Waals surface area (Å²) in [7, 11) is 0. The van der Waals surface area contributed by atoms with Gasteiger partial charge in [0.15, 0.2) is 0 Å². The number of para-hydroxylation sites is 2. The minimum atomic E-state index is -0.506. The molecule has 0 N–H and O–H groups in total. The molecule has 0 bridgehead atoms. The van der Waals surface area contributed by atoms with Gasteiger partial charge in [0.1, 0.15) is 0 Å². The van der Waals surface area contributed by atoms with E-state index in [1.165, 1.54) is 138 Å². The van der Waals surface area contributed by atoms with Crippen LogP contribution in [0.15, 0.2) is 224 Å². The molecule has 0 saturated carbocycles. The molecule has 0 saturated heterocycles. The van der Waals surface area contributed by atoms with Crippen molar-refractivity contribution in [2.45, 2.75) is 10.8 Å². The zero-order valence-electron chi connectivity index (χ0n) is 35.3. The second-order valence-corrected chi connectivity index (χ2v) is 18.6. The lowest BCUT2D eigenvalue weighted by Gasteiger charge is -2.40. The third-order valence-corrected chi connectivity index (χ3v) is 16.0. The van der Waals surface area contributed by atoms with Crippen molar-refractivity contribution in [1.82, 2.24) is 4.57 Å². The average molecular weight is 820 g/mol. The summed E-state index contributed by atoms with van der Waals surface area (Å²) >= 11 is 0. The monoisotopic (exact) mass is 819 g/mol. The van der Waals surface area contributed by atoms with Crippen LogP contribution in [0.25, 0.3) is 93.5 Å². The molecular weight excluding hydrogens is 783 g/mol. The van der Waals surface area contributed by atoms with Crippen LogP contribution in [0, 0.1) is 0 Å². The quantitative estimate of drug-likeness (QED) is 0.145. The minimum absolute atomic E-state index is 0.442. The van der Waals surface area contributed by atoms with E-state index in [1.807, 2.05) is 0 Å². The molecule has 16 rings (SSSR count). The van der Waals surface area contributed by atoms with Crippen LogP contribution in [0.3, 0.4) is 0 Å². The van der Waals surface area contributed by atoms with Crippen LogP contribution in [0.5, 0.6) is 0 Å². The van der Waals surface area contributed by atoms with Crippen LogP contribution in [-0.2, 0) is 10.8 Å². The lowest BCUT2D eigenvalue weighted by Crippen LogP contribution is -2.33. The molecule has 3 aliphatic carbocycles. The van der Waals surface area contributed by atoms with Gasteiger partial charge in [0.25, 0.3) is 0 Å². The van der Waals surface area contributed by atoms with Gasteiger partial charge in [-0.05, 0) is 135 Å². The first-order chi connectivity index (χ1) is 32.3. The van der Waals surface area contributed by atoms with E-state index >= 15 is 0 Å². The van der Waals surface area contributed by atoms with Gasteiger partial charge in [-0.2, -0.15) is 0 Å². The molecule has 65 heavy (non-hydrogen) atoms. The summed E-state index contributed by atoms with van der Waals surface area (Å²) in [5.74, 6) is 0. The number of hydrogen-bond donors (Lipinski definition) is 0. The van der Waals surface area contributed by atoms with Gasteiger partial charge in [-0.3, -0.25) is 0 Å². The molecular formula is C64H37N. The van der Waals surface area contributed by atoms with Crippen molar-refractivity contribution >= 4 is 43.4 Å². The number of rotatable bonds is 1. The molecule has 2 heterocycles. The third-order valence-electron chi connectivity index (χ3n) is 16.0. The maximum absolute atomic E-state index is 2.56. The van der Waals surface area contributed by atoms with Crippen molar-refractivity contribution in [2.75, 3.05) is 0 Å². The van der Waals surface area contributed by atoms with E-state index in [-0.39, 0.29) is 0 Å². The van der Waals surface area contributed by atoms with Crippen LogP contribution >= 0.6 is 0 Å². The molecule has 2 spiro atoms. The Kier molecular flexibility index (Phi) is 6.24. The molecule has 12 aromatic rings. The second-order valence-electron chi connectivity index (χ2n) is 18.6. The fourth-order valence-electron chi connectivity index (χ4n) is 13.7. The number of hydrogen-bond acceptors (Lipinski definition) is 0. The molecule has 1 aliphatic heterocycles. The van der Waals surface area contributed by atoms with E-state index in [4.69, 9.17) is 0 Å². The zero-order valence-corrected chi connectivity index (χ0v) is 35.3. The highest BCUT2D eigenvalue weighted by atomic mass is 15.0. The molecule has 4 aliphatic rings. The van der Waals surface area contributed by atoms with E-state index in [2.05, 4.69) is 229 Å². The van der Waals surface area contributed by atoms with Crippen LogP contribution in [0.4, 0.5) is 0 Å². The molecule has 0 atom stereocenters. The number of benzene rings is 11. The van der Waals surface area contributed by atoms with Gasteiger partial charge >= 0.3 is 0 Å². The Labute approximate surface area is 376 Å². The van der Waals surface area contributed by atoms with E-state index in [0.717, 1.165) is 0 Å². The Morgan fingerprint density at radius 1 is 0.277 bits per heavy atom. The van der Waals surface area contributed by atoms with Gasteiger partial charge in [-0.15, -0.1) is 0 Å². The number of aromatic nitrogens is 1. The summed E-state index contributed by atoms with van der Waals surface area (Å²) in [5.41, 5.74) is 24.2. The van der Waals surface area contributed by atoms with Crippen molar-refractivity contribution in [3.8, 4) is 50.2 Å². The fourth-order valence-corrected chi connectivity index (χ4v) is 13.7. The summed E-state index contributed by atoms with van der Waals surface area (Å²) in [4.78, 5) is 0. The normalized spacial score (nSPS) is 14.7. The van der Waals surface area contributed by atoms with E-state index in [1.54, 1.807) is 0 Å². The van der Waals surface area contributed by atoms with Crippen molar-refractivity contribution in [1.29, 1.82) is 0 Å². The molecule has 298 valence electrons. The minimum Gasteiger partial charge on any atom is -0.309 e. The lowest BCUT2D eigenvalue weighted by molar-refractivity contribution is 0.749. The summed E-state index contributed by atoms with van der Waals surface area (Å²) in [6.45, 7) is 0. The highest BCUT2D eigenvalue weighted by Gasteiger charge is 2.54. The van der Waals surface area contributed by atoms with Gasteiger partial charge in [0.05, 0.1) is 27.6 Å². The molecule has 1 nitrogen and oxygen atoms in total. The fraction of sp³-hybridized carbons (Fsp3) is 0.0312. The van der Waals surface area contributed by atoms with E-state index < -0.39 is 10.8 Å². The first-order valence-electron chi connectivity index (χ1n) is 22.9. The highest BCUT2D eigenvalue weighted by Crippen LogP contribution is 2.66. The van der Waals surface area contributed by atoms with Gasteiger partial charge in [0.2, 0.25) is 0 Å². The predicted molar refractivity (Wildman–Crippen MR) is 268 cm³/mol. The van der Waals surface area contributed by atoms with Crippen LogP contribution < -0.4 is 0 Å². The highest BCUT2D eigenvalue weighted by molar-refractivity contribution is 6.21. The Bertz CT molecular complexity index is 4050. The average Bonchev–Trinajstić information content (AvgIpc) is 4.08. The van der Waals surface area contributed by atoms with Gasteiger partial charge in [-0.1, -0.05) is 200 Å². The Morgan fingerprint density at radius 3 is 1.42 bits per heavy atom. The Morgan fingerprint density at radius 2 is 0.754 bits per heavy atom. The number of fused-ring (bicyclic) bond motifs is 27. The second kappa shape index (κ2) is 11.8. The Balaban J connectivity index is 1.01. The maximum atomic E-state index is 2.56. The van der Waals surface area contributed by atoms with E-state index in [9.17, 15) is 0 Å².